The zero-order chi connectivity index (χ0) is 29.3. The normalized spacial score (nSPS) is 49.4. The topological polar surface area (TPSA) is 147 Å². The summed E-state index contributed by atoms with van der Waals surface area (Å²) < 4.78 is 66.4. The van der Waals surface area contributed by atoms with E-state index < -0.39 is 58.3 Å². The van der Waals surface area contributed by atoms with E-state index in [0.717, 1.165) is 19.3 Å². The third kappa shape index (κ3) is 5.74. The fourth-order valence-corrected chi connectivity index (χ4v) is 8.85. The van der Waals surface area contributed by atoms with Gasteiger partial charge in [-0.25, -0.2) is 8.42 Å². The molecule has 0 heterocycles. The van der Waals surface area contributed by atoms with E-state index in [4.69, 9.17) is 5.48 Å². The number of hydrogen-bond donors (Lipinski definition) is 4. The molecule has 0 unspecified atom stereocenters. The summed E-state index contributed by atoms with van der Waals surface area (Å²) >= 11 is 0. The Balaban J connectivity index is 0.00000441. The van der Waals surface area contributed by atoms with Crippen LogP contribution in [-0.4, -0.2) is 64.8 Å². The average Bonchev–Trinajstić information content (AvgIpc) is 3.15. The molecule has 0 saturated heterocycles. The van der Waals surface area contributed by atoms with Crippen LogP contribution in [0.2, 0.25) is 0 Å². The molecule has 0 aromatic rings. The van der Waals surface area contributed by atoms with Crippen LogP contribution < -0.4 is 34.9 Å². The monoisotopic (exact) mass is 541 g/mol. The molecule has 4 rings (SSSR count). The van der Waals surface area contributed by atoms with Gasteiger partial charge in [-0.3, -0.25) is 4.79 Å². The van der Waals surface area contributed by atoms with Crippen molar-refractivity contribution in [3.63, 3.8) is 0 Å². The van der Waals surface area contributed by atoms with Crippen LogP contribution in [0.5, 0.6) is 0 Å². The Bertz CT molecular complexity index is 1070. The fourth-order valence-electron chi connectivity index (χ4n) is 8.50. The van der Waals surface area contributed by atoms with Gasteiger partial charge in [-0.2, -0.15) is 0 Å². The van der Waals surface area contributed by atoms with E-state index in [9.17, 15) is 33.1 Å². The van der Waals surface area contributed by atoms with Crippen LogP contribution in [0.25, 0.3) is 0 Å². The van der Waals surface area contributed by atoms with Gasteiger partial charge in [0.05, 0.1) is 34.2 Å². The maximum absolute atomic E-state index is 12.2. The Morgan fingerprint density at radius 3 is 2.42 bits per heavy atom. The van der Waals surface area contributed by atoms with Crippen molar-refractivity contribution in [3.8, 4) is 0 Å². The van der Waals surface area contributed by atoms with Crippen molar-refractivity contribution in [2.75, 3.05) is 12.3 Å². The summed E-state index contributed by atoms with van der Waals surface area (Å²) in [6, 6.07) is 0. The van der Waals surface area contributed by atoms with Gasteiger partial charge in [0, 0.05) is 18.4 Å². The molecule has 11 atom stereocenters. The van der Waals surface area contributed by atoms with Crippen molar-refractivity contribution >= 4 is 16.0 Å². The molecule has 0 aromatic heterocycles. The third-order valence-corrected chi connectivity index (χ3v) is 11.0. The molecule has 202 valence electrons. The van der Waals surface area contributed by atoms with E-state index in [1.807, 2.05) is 6.92 Å². The standard InChI is InChI=1S/C26H45NO7S.Na/c1-15(4-7-21(29)27-12-13-35(32,33)34)17-5-6-18-22-19(9-11-25(17,18)2)26(3)10-8-16(28)14-20(26)23(30)24(22)31;/h15-20,22-24,28,30-31H,4-14H2,1-3H3,(H,27,29)(H,32,33,34);/q;+1/p-1/t15-,16-,17-,18+,19+,20+,22+,23-,24+,25-,26-;/m1./s1/i8D2,14D2;. The van der Waals surface area contributed by atoms with Gasteiger partial charge in [-0.05, 0) is 97.6 Å². The molecule has 0 aliphatic heterocycles. The summed E-state index contributed by atoms with van der Waals surface area (Å²) in [7, 11) is -4.39. The molecule has 4 fully saturated rings. The first kappa shape index (κ1) is 25.2. The molecule has 1 amide bonds. The largest absolute Gasteiger partial charge is 1.00 e. The van der Waals surface area contributed by atoms with Crippen molar-refractivity contribution < 1.29 is 68.1 Å². The molecule has 4 aliphatic rings. The summed E-state index contributed by atoms with van der Waals surface area (Å²) in [5.74, 6) is -2.10. The second kappa shape index (κ2) is 11.4. The molecule has 4 aliphatic carbocycles. The summed E-state index contributed by atoms with van der Waals surface area (Å²) in [6.45, 7) is 5.92. The van der Waals surface area contributed by atoms with Gasteiger partial charge in [0.25, 0.3) is 0 Å². The Labute approximate surface area is 244 Å². The van der Waals surface area contributed by atoms with Gasteiger partial charge in [-0.1, -0.05) is 20.8 Å². The summed E-state index contributed by atoms with van der Waals surface area (Å²) in [5, 5.41) is 35.8. The Morgan fingerprint density at radius 1 is 1.08 bits per heavy atom. The average molecular weight is 542 g/mol. The zero-order valence-corrected chi connectivity index (χ0v) is 24.8. The Hall–Kier alpha value is 0.260. The molecular weight excluding hydrogens is 493 g/mol. The maximum atomic E-state index is 12.2. The van der Waals surface area contributed by atoms with Crippen molar-refractivity contribution in [1.82, 2.24) is 5.32 Å². The van der Waals surface area contributed by atoms with E-state index in [0.29, 0.717) is 12.8 Å². The Morgan fingerprint density at radius 2 is 1.75 bits per heavy atom. The van der Waals surface area contributed by atoms with Gasteiger partial charge in [-0.15, -0.1) is 0 Å². The fraction of sp³-hybridized carbons (Fsp3) is 0.962. The van der Waals surface area contributed by atoms with Gasteiger partial charge in [0.15, 0.2) is 0 Å². The number of amides is 1. The van der Waals surface area contributed by atoms with Gasteiger partial charge in [0.2, 0.25) is 5.91 Å². The third-order valence-electron chi connectivity index (χ3n) is 10.3. The quantitative estimate of drug-likeness (QED) is 0.240. The summed E-state index contributed by atoms with van der Waals surface area (Å²) in [6.07, 6.45) is -5.18. The second-order valence-corrected chi connectivity index (χ2v) is 13.6. The number of fused-ring (bicyclic) bond motifs is 5. The molecule has 0 radical (unpaired) electrons. The number of carbonyl (C=O) groups excluding carboxylic acids is 1. The number of hydrogen-bond acceptors (Lipinski definition) is 7. The molecule has 8 nitrogen and oxygen atoms in total. The number of aliphatic hydroxyl groups excluding tert-OH is 3. The minimum atomic E-state index is -4.39. The first-order chi connectivity index (χ1) is 17.8. The number of aliphatic hydroxyl groups is 3. The van der Waals surface area contributed by atoms with E-state index in [2.05, 4.69) is 19.2 Å². The van der Waals surface area contributed by atoms with E-state index in [1.165, 1.54) is 0 Å². The predicted octanol–water partition coefficient (Wildman–Crippen LogP) is -0.970. The Kier molecular flexibility index (Phi) is 7.99. The van der Waals surface area contributed by atoms with Gasteiger partial charge >= 0.3 is 29.6 Å². The number of carbonyl (C=O) groups is 1. The molecule has 0 aromatic carbocycles. The van der Waals surface area contributed by atoms with Crippen LogP contribution in [0, 0.1) is 46.3 Å². The predicted molar refractivity (Wildman–Crippen MR) is 130 cm³/mol. The van der Waals surface area contributed by atoms with Crippen LogP contribution in [-0.2, 0) is 14.9 Å². The molecular formula is C26H44NNaO7S. The van der Waals surface area contributed by atoms with Crippen molar-refractivity contribution in [2.45, 2.75) is 96.8 Å². The van der Waals surface area contributed by atoms with E-state index >= 15 is 0 Å². The van der Waals surface area contributed by atoms with Crippen LogP contribution >= 0.6 is 0 Å². The molecule has 4 saturated carbocycles. The molecule has 36 heavy (non-hydrogen) atoms. The number of rotatable bonds is 7. The summed E-state index contributed by atoms with van der Waals surface area (Å²) in [5.41, 5.74) is -1.11. The molecule has 4 N–H and O–H groups in total. The van der Waals surface area contributed by atoms with Crippen LogP contribution in [0.1, 0.15) is 83.9 Å². The van der Waals surface area contributed by atoms with Crippen molar-refractivity contribution in [3.05, 3.63) is 0 Å². The van der Waals surface area contributed by atoms with Crippen molar-refractivity contribution in [2.24, 2.45) is 46.3 Å². The second-order valence-electron chi connectivity index (χ2n) is 12.1. The SMILES string of the molecule is [2H]C1([2H])C[C@@]2(C)[C@H]([C@@H](O)[C@@H](O)[C@@H]3[C@@H]2CC[C@]2(C)[C@@H]([C@H](C)CCC(=O)NCCS(=O)(=O)[O-])CC[C@@H]32)C([2H])([2H])[C@@H]1O.[Na+]. The molecule has 10 heteroatoms. The minimum Gasteiger partial charge on any atom is -0.748 e. The van der Waals surface area contributed by atoms with Crippen molar-refractivity contribution in [1.29, 1.82) is 0 Å². The zero-order valence-electron chi connectivity index (χ0n) is 25.9. The van der Waals surface area contributed by atoms with E-state index in [-0.39, 0.29) is 89.9 Å². The van der Waals surface area contributed by atoms with Gasteiger partial charge < -0.3 is 25.2 Å². The van der Waals surface area contributed by atoms with Crippen LogP contribution in [0.3, 0.4) is 0 Å². The first-order valence-corrected chi connectivity index (χ1v) is 14.6. The minimum absolute atomic E-state index is 0. The smallest absolute Gasteiger partial charge is 0.748 e. The molecule has 0 bridgehead atoms. The van der Waals surface area contributed by atoms with Gasteiger partial charge in [0.1, 0.15) is 0 Å². The number of nitrogens with one attached hydrogen (secondary N) is 1. The van der Waals surface area contributed by atoms with Crippen LogP contribution in [0.15, 0.2) is 0 Å². The maximum Gasteiger partial charge on any atom is 1.00 e. The van der Waals surface area contributed by atoms with Crippen LogP contribution in [0.4, 0.5) is 0 Å². The first-order valence-electron chi connectivity index (χ1n) is 15.0. The van der Waals surface area contributed by atoms with E-state index in [1.54, 1.807) is 0 Å². The summed E-state index contributed by atoms with van der Waals surface area (Å²) in [4.78, 5) is 12.2. The molecule has 0 spiro atoms.